The molecule has 152 valence electrons. The number of hydrogen-bond acceptors (Lipinski definition) is 4. The van der Waals surface area contributed by atoms with Crippen LogP contribution in [0.2, 0.25) is 0 Å². The Hall–Kier alpha value is -2.17. The molecule has 0 aromatic heterocycles. The number of rotatable bonds is 7. The van der Waals surface area contributed by atoms with E-state index in [1.54, 1.807) is 0 Å². The van der Waals surface area contributed by atoms with Gasteiger partial charge < -0.3 is 10.1 Å². The van der Waals surface area contributed by atoms with Crippen LogP contribution in [-0.4, -0.2) is 30.3 Å². The summed E-state index contributed by atoms with van der Waals surface area (Å²) in [7, 11) is 0. The van der Waals surface area contributed by atoms with Crippen molar-refractivity contribution in [3.05, 3.63) is 34.9 Å². The Labute approximate surface area is 167 Å². The third-order valence-electron chi connectivity index (χ3n) is 6.39. The molecule has 1 N–H and O–H groups in total. The molecule has 1 amide bonds. The highest BCUT2D eigenvalue weighted by Crippen LogP contribution is 2.29. The Kier molecular flexibility index (Phi) is 6.87. The van der Waals surface area contributed by atoms with Gasteiger partial charge in [-0.2, -0.15) is 0 Å². The van der Waals surface area contributed by atoms with E-state index in [0.717, 1.165) is 32.1 Å². The van der Waals surface area contributed by atoms with E-state index in [0.29, 0.717) is 17.4 Å². The van der Waals surface area contributed by atoms with Crippen LogP contribution in [0.5, 0.6) is 0 Å². The first kappa shape index (κ1) is 20.6. The fraction of sp³-hybridized carbons (Fsp3) is 0.609. The van der Waals surface area contributed by atoms with Crippen molar-refractivity contribution < 1.29 is 19.1 Å². The van der Waals surface area contributed by atoms with Gasteiger partial charge in [-0.05, 0) is 54.7 Å². The quantitative estimate of drug-likeness (QED) is 0.575. The number of Topliss-reactive ketones (excluding diaryl/α,β-unsaturated/α-hetero) is 1. The molecule has 3 rings (SSSR count). The predicted molar refractivity (Wildman–Crippen MR) is 107 cm³/mol. The number of nitrogens with one attached hydrogen (secondary N) is 1. The number of ether oxygens (including phenoxy) is 1. The Morgan fingerprint density at radius 3 is 2.64 bits per heavy atom. The molecule has 2 aliphatic rings. The van der Waals surface area contributed by atoms with E-state index in [-0.39, 0.29) is 37.2 Å². The zero-order chi connectivity index (χ0) is 20.1. The summed E-state index contributed by atoms with van der Waals surface area (Å²) in [4.78, 5) is 36.3. The molecular formula is C23H31NO4. The fourth-order valence-electron chi connectivity index (χ4n) is 4.36. The number of hydrogen-bond donors (Lipinski definition) is 1. The van der Waals surface area contributed by atoms with Crippen LogP contribution in [0, 0.1) is 11.8 Å². The van der Waals surface area contributed by atoms with E-state index in [9.17, 15) is 14.4 Å². The maximum absolute atomic E-state index is 12.3. The van der Waals surface area contributed by atoms with E-state index in [4.69, 9.17) is 4.74 Å². The maximum Gasteiger partial charge on any atom is 0.306 e. The number of esters is 1. The van der Waals surface area contributed by atoms with E-state index in [1.165, 1.54) is 17.5 Å². The predicted octanol–water partition coefficient (Wildman–Crippen LogP) is 3.62. The van der Waals surface area contributed by atoms with Crippen molar-refractivity contribution >= 4 is 17.7 Å². The van der Waals surface area contributed by atoms with E-state index in [2.05, 4.69) is 19.2 Å². The van der Waals surface area contributed by atoms with Crippen LogP contribution in [0.3, 0.4) is 0 Å². The van der Waals surface area contributed by atoms with Crippen molar-refractivity contribution in [1.82, 2.24) is 5.32 Å². The highest BCUT2D eigenvalue weighted by Gasteiger charge is 2.28. The van der Waals surface area contributed by atoms with Crippen LogP contribution >= 0.6 is 0 Å². The van der Waals surface area contributed by atoms with Crippen molar-refractivity contribution in [3.8, 4) is 0 Å². The number of carbonyl (C=O) groups is 3. The standard InChI is InChI=1S/C23H31NO4/c1-15-5-3-8-20(16(15)2)24-22(26)14-28-23(27)12-11-21(25)19-10-9-17-6-4-7-18(17)13-19/h9-10,13,15-16,20H,3-8,11-12,14H2,1-2H3,(H,24,26)/t15-,16+,20+/m0/s1. The first-order valence-electron chi connectivity index (χ1n) is 10.5. The monoisotopic (exact) mass is 385 g/mol. The molecule has 1 aromatic carbocycles. The first-order valence-corrected chi connectivity index (χ1v) is 10.5. The average molecular weight is 386 g/mol. The third kappa shape index (κ3) is 5.21. The van der Waals surface area contributed by atoms with Gasteiger partial charge in [-0.3, -0.25) is 14.4 Å². The topological polar surface area (TPSA) is 72.5 Å². The smallest absolute Gasteiger partial charge is 0.306 e. The number of fused-ring (bicyclic) bond motifs is 1. The Bertz CT molecular complexity index is 742. The highest BCUT2D eigenvalue weighted by atomic mass is 16.5. The normalized spacial score (nSPS) is 23.7. The number of carbonyl (C=O) groups excluding carboxylic acids is 3. The average Bonchev–Trinajstić information content (AvgIpc) is 3.16. The molecule has 0 heterocycles. The summed E-state index contributed by atoms with van der Waals surface area (Å²) in [6, 6.07) is 5.97. The van der Waals surface area contributed by atoms with Crippen molar-refractivity contribution in [1.29, 1.82) is 0 Å². The minimum Gasteiger partial charge on any atom is -0.456 e. The molecular weight excluding hydrogens is 354 g/mol. The molecule has 0 spiro atoms. The van der Waals surface area contributed by atoms with Gasteiger partial charge in [-0.25, -0.2) is 0 Å². The second-order valence-corrected chi connectivity index (χ2v) is 8.36. The molecule has 1 fully saturated rings. The minimum absolute atomic E-state index is 0.0000630. The molecule has 5 nitrogen and oxygen atoms in total. The van der Waals surface area contributed by atoms with Gasteiger partial charge in [0.1, 0.15) is 0 Å². The second kappa shape index (κ2) is 9.35. The molecule has 2 aliphatic carbocycles. The van der Waals surface area contributed by atoms with Crippen LogP contribution in [0.4, 0.5) is 0 Å². The Morgan fingerprint density at radius 1 is 1.04 bits per heavy atom. The van der Waals surface area contributed by atoms with Gasteiger partial charge in [-0.1, -0.05) is 38.8 Å². The lowest BCUT2D eigenvalue weighted by atomic mass is 9.78. The molecule has 1 saturated carbocycles. The van der Waals surface area contributed by atoms with Crippen molar-refractivity contribution in [3.63, 3.8) is 0 Å². The van der Waals surface area contributed by atoms with Crippen LogP contribution in [0.15, 0.2) is 18.2 Å². The summed E-state index contributed by atoms with van der Waals surface area (Å²) < 4.78 is 5.06. The largest absolute Gasteiger partial charge is 0.456 e. The van der Waals surface area contributed by atoms with Gasteiger partial charge in [0, 0.05) is 18.0 Å². The summed E-state index contributed by atoms with van der Waals surface area (Å²) in [5, 5.41) is 2.99. The molecule has 3 atom stereocenters. The number of amides is 1. The van der Waals surface area contributed by atoms with Crippen LogP contribution in [-0.2, 0) is 27.2 Å². The first-order chi connectivity index (χ1) is 13.4. The van der Waals surface area contributed by atoms with Crippen molar-refractivity contribution in [2.45, 2.75) is 71.3 Å². The van der Waals surface area contributed by atoms with E-state index in [1.807, 2.05) is 18.2 Å². The number of aryl methyl sites for hydroxylation is 2. The summed E-state index contributed by atoms with van der Waals surface area (Å²) in [5.74, 6) is 0.199. The SMILES string of the molecule is C[C@@H]1[C@@H](C)CCC[C@H]1NC(=O)COC(=O)CCC(=O)c1ccc2c(c1)CCC2. The zero-order valence-corrected chi connectivity index (χ0v) is 17.0. The lowest BCUT2D eigenvalue weighted by Crippen LogP contribution is -2.45. The van der Waals surface area contributed by atoms with Crippen molar-refractivity contribution in [2.24, 2.45) is 11.8 Å². The summed E-state index contributed by atoms with van der Waals surface area (Å²) in [5.41, 5.74) is 3.23. The van der Waals surface area contributed by atoms with Crippen LogP contribution in [0.25, 0.3) is 0 Å². The fourth-order valence-corrected chi connectivity index (χ4v) is 4.36. The van der Waals surface area contributed by atoms with Gasteiger partial charge in [0.15, 0.2) is 12.4 Å². The van der Waals surface area contributed by atoms with Crippen LogP contribution < -0.4 is 5.32 Å². The van der Waals surface area contributed by atoms with Crippen LogP contribution in [0.1, 0.15) is 73.9 Å². The summed E-state index contributed by atoms with van der Waals surface area (Å²) >= 11 is 0. The van der Waals surface area contributed by atoms with Gasteiger partial charge in [0.2, 0.25) is 0 Å². The number of benzene rings is 1. The Balaban J connectivity index is 1.38. The molecule has 5 heteroatoms. The Morgan fingerprint density at radius 2 is 1.82 bits per heavy atom. The van der Waals surface area contributed by atoms with Gasteiger partial charge in [0.25, 0.3) is 5.91 Å². The maximum atomic E-state index is 12.3. The summed E-state index contributed by atoms with van der Waals surface area (Å²) in [6.45, 7) is 4.09. The van der Waals surface area contributed by atoms with E-state index >= 15 is 0 Å². The van der Waals surface area contributed by atoms with Crippen molar-refractivity contribution in [2.75, 3.05) is 6.61 Å². The second-order valence-electron chi connectivity index (χ2n) is 8.36. The summed E-state index contributed by atoms with van der Waals surface area (Å²) in [6.07, 6.45) is 6.63. The molecule has 0 aliphatic heterocycles. The number of ketones is 1. The lowest BCUT2D eigenvalue weighted by Gasteiger charge is -2.34. The third-order valence-corrected chi connectivity index (χ3v) is 6.39. The van der Waals surface area contributed by atoms with Gasteiger partial charge >= 0.3 is 5.97 Å². The van der Waals surface area contributed by atoms with E-state index < -0.39 is 5.97 Å². The molecule has 0 radical (unpaired) electrons. The molecule has 0 unspecified atom stereocenters. The molecule has 1 aromatic rings. The van der Waals surface area contributed by atoms with Gasteiger partial charge in [-0.15, -0.1) is 0 Å². The van der Waals surface area contributed by atoms with Gasteiger partial charge in [0.05, 0.1) is 6.42 Å². The zero-order valence-electron chi connectivity index (χ0n) is 17.0. The molecule has 0 bridgehead atoms. The minimum atomic E-state index is -0.505. The highest BCUT2D eigenvalue weighted by molar-refractivity contribution is 5.98. The lowest BCUT2D eigenvalue weighted by molar-refractivity contribution is -0.148. The molecule has 0 saturated heterocycles. The molecule has 28 heavy (non-hydrogen) atoms.